The van der Waals surface area contributed by atoms with Gasteiger partial charge in [-0.3, -0.25) is 0 Å². The minimum absolute atomic E-state index is 0.233. The molecular weight excluding hydrogens is 156 g/mol. The van der Waals surface area contributed by atoms with Crippen LogP contribution in [0.5, 0.6) is 0 Å². The van der Waals surface area contributed by atoms with Crippen LogP contribution in [0.1, 0.15) is 27.2 Å². The second-order valence-corrected chi connectivity index (χ2v) is 3.95. The topological polar surface area (TPSA) is 51.0 Å². The Morgan fingerprint density at radius 1 is 1.33 bits per heavy atom. The number of carbonyl (C=O) groups excluding carboxylic acids is 1. The second-order valence-electron chi connectivity index (χ2n) is 3.95. The zero-order valence-electron chi connectivity index (χ0n) is 7.92. The number of esters is 1. The van der Waals surface area contributed by atoms with E-state index in [0.717, 1.165) is 0 Å². The molecule has 0 bridgehead atoms. The van der Waals surface area contributed by atoms with E-state index in [9.17, 15) is 4.79 Å². The number of carbonyl (C=O) groups is 1. The highest BCUT2D eigenvalue weighted by Crippen LogP contribution is 2.35. The van der Waals surface area contributed by atoms with Crippen LogP contribution in [0.15, 0.2) is 10.2 Å². The fourth-order valence-corrected chi connectivity index (χ4v) is 1.49. The van der Waals surface area contributed by atoms with E-state index in [1.165, 1.54) is 7.11 Å². The van der Waals surface area contributed by atoms with Gasteiger partial charge in [-0.05, 0) is 20.8 Å². The number of methoxy groups -OCH3 is 1. The Morgan fingerprint density at radius 2 is 1.92 bits per heavy atom. The van der Waals surface area contributed by atoms with Gasteiger partial charge in [0.15, 0.2) is 5.54 Å². The van der Waals surface area contributed by atoms with Gasteiger partial charge in [-0.25, -0.2) is 4.79 Å². The normalized spacial score (nSPS) is 32.0. The number of hydrogen-bond acceptors (Lipinski definition) is 4. The van der Waals surface area contributed by atoms with Gasteiger partial charge in [-0.1, -0.05) is 0 Å². The lowest BCUT2D eigenvalue weighted by molar-refractivity contribution is -0.146. The van der Waals surface area contributed by atoms with Crippen molar-refractivity contribution in [3.05, 3.63) is 0 Å². The average molecular weight is 170 g/mol. The summed E-state index contributed by atoms with van der Waals surface area (Å²) in [6, 6.07) is 0. The third-order valence-electron chi connectivity index (χ3n) is 1.94. The van der Waals surface area contributed by atoms with E-state index >= 15 is 0 Å². The van der Waals surface area contributed by atoms with Gasteiger partial charge >= 0.3 is 5.97 Å². The van der Waals surface area contributed by atoms with Crippen LogP contribution in [0, 0.1) is 0 Å². The monoisotopic (exact) mass is 170 g/mol. The summed E-state index contributed by atoms with van der Waals surface area (Å²) in [5, 5.41) is 7.96. The molecule has 0 amide bonds. The van der Waals surface area contributed by atoms with Crippen molar-refractivity contribution in [2.45, 2.75) is 38.3 Å². The molecule has 0 aromatic heterocycles. The molecule has 1 rings (SSSR count). The summed E-state index contributed by atoms with van der Waals surface area (Å²) in [6.07, 6.45) is 0.618. The first-order chi connectivity index (χ1) is 5.40. The molecule has 0 aromatic rings. The van der Waals surface area contributed by atoms with Gasteiger partial charge in [0.1, 0.15) is 0 Å². The zero-order chi connectivity index (χ0) is 9.41. The van der Waals surface area contributed by atoms with E-state index < -0.39 is 5.54 Å². The Balaban J connectivity index is 2.80. The molecule has 4 heteroatoms. The fraction of sp³-hybridized carbons (Fsp3) is 0.875. The molecule has 0 saturated carbocycles. The SMILES string of the molecule is COC(=O)C1(C)CC(C)(C)N=N1. The van der Waals surface area contributed by atoms with Crippen molar-refractivity contribution in [3.63, 3.8) is 0 Å². The van der Waals surface area contributed by atoms with E-state index in [-0.39, 0.29) is 11.5 Å². The first-order valence-electron chi connectivity index (χ1n) is 3.92. The number of azo groups is 1. The third kappa shape index (κ3) is 1.47. The van der Waals surface area contributed by atoms with Crippen LogP contribution < -0.4 is 0 Å². The lowest BCUT2D eigenvalue weighted by Gasteiger charge is -2.19. The van der Waals surface area contributed by atoms with Crippen LogP contribution in [0.3, 0.4) is 0 Å². The van der Waals surface area contributed by atoms with Crippen molar-refractivity contribution in [2.24, 2.45) is 10.2 Å². The fourth-order valence-electron chi connectivity index (χ4n) is 1.49. The zero-order valence-corrected chi connectivity index (χ0v) is 7.92. The highest BCUT2D eigenvalue weighted by molar-refractivity contribution is 5.80. The van der Waals surface area contributed by atoms with Crippen LogP contribution in [0.25, 0.3) is 0 Å². The maximum absolute atomic E-state index is 11.2. The highest BCUT2D eigenvalue weighted by Gasteiger charge is 2.45. The maximum Gasteiger partial charge on any atom is 0.335 e. The first kappa shape index (κ1) is 9.16. The smallest absolute Gasteiger partial charge is 0.335 e. The molecule has 12 heavy (non-hydrogen) atoms. The van der Waals surface area contributed by atoms with Crippen LogP contribution in [-0.4, -0.2) is 24.2 Å². The van der Waals surface area contributed by atoms with Gasteiger partial charge in [-0.2, -0.15) is 10.2 Å². The molecule has 0 fully saturated rings. The average Bonchev–Trinajstić information content (AvgIpc) is 2.25. The van der Waals surface area contributed by atoms with E-state index in [0.29, 0.717) is 6.42 Å². The molecular formula is C8H14N2O2. The lowest BCUT2D eigenvalue weighted by Crippen LogP contribution is -2.35. The molecule has 0 N–H and O–H groups in total. The summed E-state index contributed by atoms with van der Waals surface area (Å²) in [6.45, 7) is 5.65. The van der Waals surface area contributed by atoms with Crippen molar-refractivity contribution in [1.29, 1.82) is 0 Å². The van der Waals surface area contributed by atoms with Crippen molar-refractivity contribution in [3.8, 4) is 0 Å². The van der Waals surface area contributed by atoms with Crippen LogP contribution in [0.4, 0.5) is 0 Å². The molecule has 1 aliphatic rings. The van der Waals surface area contributed by atoms with Gasteiger partial charge < -0.3 is 4.74 Å². The highest BCUT2D eigenvalue weighted by atomic mass is 16.5. The van der Waals surface area contributed by atoms with Crippen molar-refractivity contribution >= 4 is 5.97 Å². The minimum Gasteiger partial charge on any atom is -0.467 e. The molecule has 0 aromatic carbocycles. The molecule has 0 radical (unpaired) electrons. The molecule has 1 heterocycles. The molecule has 68 valence electrons. The van der Waals surface area contributed by atoms with E-state index in [2.05, 4.69) is 15.0 Å². The first-order valence-corrected chi connectivity index (χ1v) is 3.92. The Labute approximate surface area is 72.0 Å². The lowest BCUT2D eigenvalue weighted by atomic mass is 9.89. The number of rotatable bonds is 1. The number of ether oxygens (including phenoxy) is 1. The molecule has 0 saturated heterocycles. The summed E-state index contributed by atoms with van der Waals surface area (Å²) >= 11 is 0. The van der Waals surface area contributed by atoms with Gasteiger partial charge in [0, 0.05) is 6.42 Å². The summed E-state index contributed by atoms with van der Waals surface area (Å²) in [7, 11) is 1.37. The van der Waals surface area contributed by atoms with Gasteiger partial charge in [0.25, 0.3) is 0 Å². The van der Waals surface area contributed by atoms with Crippen molar-refractivity contribution in [2.75, 3.05) is 7.11 Å². The van der Waals surface area contributed by atoms with Crippen LogP contribution in [0.2, 0.25) is 0 Å². The van der Waals surface area contributed by atoms with Gasteiger partial charge in [0.05, 0.1) is 12.6 Å². The molecule has 4 nitrogen and oxygen atoms in total. The van der Waals surface area contributed by atoms with E-state index in [4.69, 9.17) is 0 Å². The molecule has 0 aliphatic carbocycles. The Hall–Kier alpha value is -0.930. The second kappa shape index (κ2) is 2.54. The Kier molecular flexibility index (Phi) is 1.94. The summed E-state index contributed by atoms with van der Waals surface area (Å²) in [5.41, 5.74) is -0.999. The standard InChI is InChI=1S/C8H14N2O2/c1-7(2)5-8(3,10-9-7)6(11)12-4/h5H2,1-4H3. The van der Waals surface area contributed by atoms with Crippen LogP contribution in [-0.2, 0) is 9.53 Å². The molecule has 0 spiro atoms. The summed E-state index contributed by atoms with van der Waals surface area (Å²) in [5.74, 6) is -0.308. The number of hydrogen-bond donors (Lipinski definition) is 0. The Bertz CT molecular complexity index is 235. The predicted octanol–water partition coefficient (Wildman–Crippen LogP) is 1.55. The largest absolute Gasteiger partial charge is 0.467 e. The Morgan fingerprint density at radius 3 is 2.25 bits per heavy atom. The maximum atomic E-state index is 11.2. The predicted molar refractivity (Wildman–Crippen MR) is 44.0 cm³/mol. The minimum atomic E-state index is -0.766. The van der Waals surface area contributed by atoms with Crippen molar-refractivity contribution in [1.82, 2.24) is 0 Å². The molecule has 1 atom stereocenters. The number of nitrogens with zero attached hydrogens (tertiary/aromatic N) is 2. The van der Waals surface area contributed by atoms with Crippen LogP contribution >= 0.6 is 0 Å². The van der Waals surface area contributed by atoms with Gasteiger partial charge in [-0.15, -0.1) is 0 Å². The molecule has 1 unspecified atom stereocenters. The summed E-state index contributed by atoms with van der Waals surface area (Å²) in [4.78, 5) is 11.2. The summed E-state index contributed by atoms with van der Waals surface area (Å²) < 4.78 is 4.64. The molecule has 1 aliphatic heterocycles. The van der Waals surface area contributed by atoms with E-state index in [1.807, 2.05) is 13.8 Å². The quantitative estimate of drug-likeness (QED) is 0.560. The van der Waals surface area contributed by atoms with E-state index in [1.54, 1.807) is 6.92 Å². The van der Waals surface area contributed by atoms with Gasteiger partial charge in [0.2, 0.25) is 0 Å². The third-order valence-corrected chi connectivity index (χ3v) is 1.94. The van der Waals surface area contributed by atoms with Crippen molar-refractivity contribution < 1.29 is 9.53 Å².